The van der Waals surface area contributed by atoms with E-state index in [1.807, 2.05) is 24.4 Å². The van der Waals surface area contributed by atoms with Crippen LogP contribution in [0.1, 0.15) is 37.1 Å². The number of hydrogen-bond donors (Lipinski definition) is 1. The van der Waals surface area contributed by atoms with E-state index < -0.39 is 0 Å². The van der Waals surface area contributed by atoms with Crippen molar-refractivity contribution in [3.8, 4) is 11.5 Å². The lowest BCUT2D eigenvalue weighted by Gasteiger charge is -2.20. The van der Waals surface area contributed by atoms with Gasteiger partial charge in [-0.05, 0) is 43.2 Å². The van der Waals surface area contributed by atoms with Gasteiger partial charge in [-0.25, -0.2) is 0 Å². The smallest absolute Gasteiger partial charge is 0.231 e. The van der Waals surface area contributed by atoms with Crippen LogP contribution in [0.3, 0.4) is 0 Å². The number of benzene rings is 1. The van der Waals surface area contributed by atoms with Gasteiger partial charge >= 0.3 is 0 Å². The zero-order chi connectivity index (χ0) is 13.9. The van der Waals surface area contributed by atoms with Crippen LogP contribution in [0.4, 0.5) is 0 Å². The molecule has 0 bridgehead atoms. The summed E-state index contributed by atoms with van der Waals surface area (Å²) in [6, 6.07) is 10.6. The van der Waals surface area contributed by atoms with Gasteiger partial charge in [0.05, 0.1) is 0 Å². The third kappa shape index (κ3) is 2.60. The SMILES string of the molecule is CC(N[C@H](C)c1cccnc1)c1ccc2c(c1)OCO2. The molecule has 1 aromatic carbocycles. The Labute approximate surface area is 118 Å². The quantitative estimate of drug-likeness (QED) is 0.926. The summed E-state index contributed by atoms with van der Waals surface area (Å²) in [5, 5.41) is 3.57. The van der Waals surface area contributed by atoms with E-state index in [-0.39, 0.29) is 12.1 Å². The van der Waals surface area contributed by atoms with Crippen LogP contribution in [0.5, 0.6) is 11.5 Å². The fourth-order valence-electron chi connectivity index (χ4n) is 2.38. The highest BCUT2D eigenvalue weighted by Gasteiger charge is 2.17. The Morgan fingerprint density at radius 2 is 1.85 bits per heavy atom. The van der Waals surface area contributed by atoms with Crippen molar-refractivity contribution < 1.29 is 9.47 Å². The predicted octanol–water partition coefficient (Wildman–Crippen LogP) is 3.22. The molecule has 0 radical (unpaired) electrons. The van der Waals surface area contributed by atoms with E-state index in [0.717, 1.165) is 11.5 Å². The largest absolute Gasteiger partial charge is 0.454 e. The average Bonchev–Trinajstić information content (AvgIpc) is 2.95. The molecule has 2 atom stereocenters. The lowest BCUT2D eigenvalue weighted by Crippen LogP contribution is -2.22. The first-order chi connectivity index (χ1) is 9.74. The van der Waals surface area contributed by atoms with Crippen molar-refractivity contribution in [1.82, 2.24) is 10.3 Å². The van der Waals surface area contributed by atoms with E-state index >= 15 is 0 Å². The third-order valence-electron chi connectivity index (χ3n) is 3.58. The molecule has 20 heavy (non-hydrogen) atoms. The first-order valence-corrected chi connectivity index (χ1v) is 6.79. The number of nitrogens with one attached hydrogen (secondary N) is 1. The van der Waals surface area contributed by atoms with Gasteiger partial charge in [-0.2, -0.15) is 0 Å². The maximum atomic E-state index is 5.42. The average molecular weight is 270 g/mol. The lowest BCUT2D eigenvalue weighted by atomic mass is 10.0. The van der Waals surface area contributed by atoms with Crippen molar-refractivity contribution in [2.75, 3.05) is 6.79 Å². The molecular weight excluding hydrogens is 252 g/mol. The molecule has 4 heteroatoms. The second-order valence-electron chi connectivity index (χ2n) is 5.01. The summed E-state index contributed by atoms with van der Waals surface area (Å²) in [7, 11) is 0. The maximum absolute atomic E-state index is 5.42. The molecule has 0 fully saturated rings. The number of ether oxygens (including phenoxy) is 2. The molecule has 104 valence electrons. The highest BCUT2D eigenvalue weighted by atomic mass is 16.7. The summed E-state index contributed by atoms with van der Waals surface area (Å²) < 4.78 is 10.8. The van der Waals surface area contributed by atoms with Crippen LogP contribution in [0.15, 0.2) is 42.7 Å². The summed E-state index contributed by atoms with van der Waals surface area (Å²) in [6.45, 7) is 4.59. The van der Waals surface area contributed by atoms with Gasteiger partial charge in [0.2, 0.25) is 6.79 Å². The zero-order valence-corrected chi connectivity index (χ0v) is 11.7. The van der Waals surface area contributed by atoms with Crippen molar-refractivity contribution in [3.05, 3.63) is 53.9 Å². The summed E-state index contributed by atoms with van der Waals surface area (Å²) in [5.41, 5.74) is 2.37. The fourth-order valence-corrected chi connectivity index (χ4v) is 2.38. The molecule has 0 saturated heterocycles. The van der Waals surface area contributed by atoms with Crippen LogP contribution in [-0.4, -0.2) is 11.8 Å². The normalized spacial score (nSPS) is 15.9. The van der Waals surface area contributed by atoms with Crippen LogP contribution < -0.4 is 14.8 Å². The van der Waals surface area contributed by atoms with E-state index in [0.29, 0.717) is 6.79 Å². The van der Waals surface area contributed by atoms with Gasteiger partial charge in [0.25, 0.3) is 0 Å². The van der Waals surface area contributed by atoms with Gasteiger partial charge in [-0.3, -0.25) is 4.98 Å². The zero-order valence-electron chi connectivity index (χ0n) is 11.7. The van der Waals surface area contributed by atoms with E-state index in [4.69, 9.17) is 9.47 Å². The van der Waals surface area contributed by atoms with Crippen molar-refractivity contribution in [2.45, 2.75) is 25.9 Å². The van der Waals surface area contributed by atoms with Crippen molar-refractivity contribution in [3.63, 3.8) is 0 Å². The molecule has 0 saturated carbocycles. The minimum Gasteiger partial charge on any atom is -0.454 e. The third-order valence-corrected chi connectivity index (χ3v) is 3.58. The van der Waals surface area contributed by atoms with Crippen molar-refractivity contribution in [1.29, 1.82) is 0 Å². The lowest BCUT2D eigenvalue weighted by molar-refractivity contribution is 0.174. The Balaban J connectivity index is 1.71. The monoisotopic (exact) mass is 270 g/mol. The molecule has 2 heterocycles. The minimum absolute atomic E-state index is 0.222. The molecule has 0 amide bonds. The van der Waals surface area contributed by atoms with E-state index in [1.54, 1.807) is 6.20 Å². The number of aromatic nitrogens is 1. The van der Waals surface area contributed by atoms with Crippen molar-refractivity contribution >= 4 is 0 Å². The highest BCUT2D eigenvalue weighted by molar-refractivity contribution is 5.45. The summed E-state index contributed by atoms with van der Waals surface area (Å²) >= 11 is 0. The molecular formula is C16H18N2O2. The van der Waals surface area contributed by atoms with Crippen LogP contribution in [0.2, 0.25) is 0 Å². The summed E-state index contributed by atoms with van der Waals surface area (Å²) in [6.07, 6.45) is 3.68. The number of fused-ring (bicyclic) bond motifs is 1. The molecule has 3 rings (SSSR count). The topological polar surface area (TPSA) is 43.4 Å². The fraction of sp³-hybridized carbons (Fsp3) is 0.312. The summed E-state index contributed by atoms with van der Waals surface area (Å²) in [4.78, 5) is 4.16. The number of pyridine rings is 1. The predicted molar refractivity (Wildman–Crippen MR) is 76.8 cm³/mol. The number of rotatable bonds is 4. The molecule has 1 unspecified atom stereocenters. The first-order valence-electron chi connectivity index (χ1n) is 6.79. The second kappa shape index (κ2) is 5.51. The first kappa shape index (κ1) is 12.9. The maximum Gasteiger partial charge on any atom is 0.231 e. The molecule has 1 N–H and O–H groups in total. The Bertz CT molecular complexity index is 586. The number of nitrogens with zero attached hydrogens (tertiary/aromatic N) is 1. The van der Waals surface area contributed by atoms with Crippen LogP contribution in [-0.2, 0) is 0 Å². The number of hydrogen-bond acceptors (Lipinski definition) is 4. The Kier molecular flexibility index (Phi) is 3.56. The van der Waals surface area contributed by atoms with Crippen LogP contribution in [0, 0.1) is 0 Å². The van der Waals surface area contributed by atoms with Gasteiger partial charge in [-0.15, -0.1) is 0 Å². The van der Waals surface area contributed by atoms with E-state index in [9.17, 15) is 0 Å². The Hall–Kier alpha value is -2.07. The molecule has 1 aromatic heterocycles. The molecule has 1 aliphatic rings. The van der Waals surface area contributed by atoms with Crippen LogP contribution >= 0.6 is 0 Å². The van der Waals surface area contributed by atoms with Gasteiger partial charge < -0.3 is 14.8 Å². The highest BCUT2D eigenvalue weighted by Crippen LogP contribution is 2.34. The molecule has 4 nitrogen and oxygen atoms in total. The Morgan fingerprint density at radius 3 is 2.65 bits per heavy atom. The van der Waals surface area contributed by atoms with Gasteiger partial charge in [-0.1, -0.05) is 12.1 Å². The van der Waals surface area contributed by atoms with E-state index in [2.05, 4.69) is 36.3 Å². The molecule has 1 aliphatic heterocycles. The van der Waals surface area contributed by atoms with Crippen LogP contribution in [0.25, 0.3) is 0 Å². The summed E-state index contributed by atoms with van der Waals surface area (Å²) in [5.74, 6) is 1.64. The molecule has 2 aromatic rings. The standard InChI is InChI=1S/C16H18N2O2/c1-11(18-12(2)14-4-3-7-17-9-14)13-5-6-15-16(8-13)20-10-19-15/h3-9,11-12,18H,10H2,1-2H3/t11?,12-/m1/s1. The van der Waals surface area contributed by atoms with E-state index in [1.165, 1.54) is 11.1 Å². The van der Waals surface area contributed by atoms with Gasteiger partial charge in [0.15, 0.2) is 11.5 Å². The molecule has 0 spiro atoms. The minimum atomic E-state index is 0.222. The van der Waals surface area contributed by atoms with Gasteiger partial charge in [0, 0.05) is 24.5 Å². The van der Waals surface area contributed by atoms with Crippen molar-refractivity contribution in [2.24, 2.45) is 0 Å². The van der Waals surface area contributed by atoms with Gasteiger partial charge in [0.1, 0.15) is 0 Å². The second-order valence-corrected chi connectivity index (χ2v) is 5.01. The Morgan fingerprint density at radius 1 is 1.05 bits per heavy atom. The molecule has 0 aliphatic carbocycles.